The lowest BCUT2D eigenvalue weighted by atomic mass is 9.86. The summed E-state index contributed by atoms with van der Waals surface area (Å²) in [6, 6.07) is 7.18. The van der Waals surface area contributed by atoms with Gasteiger partial charge in [0.05, 0.1) is 7.11 Å². The number of aliphatic hydroxyl groups excluding tert-OH is 1. The number of aryl methyl sites for hydroxylation is 1. The van der Waals surface area contributed by atoms with Crippen LogP contribution in [0.1, 0.15) is 49.8 Å². The highest BCUT2D eigenvalue weighted by atomic mass is 16.5. The summed E-state index contributed by atoms with van der Waals surface area (Å²) in [6.45, 7) is 4.66. The zero-order chi connectivity index (χ0) is 14.5. The average Bonchev–Trinajstić information content (AvgIpc) is 2.48. The van der Waals surface area contributed by atoms with E-state index in [1.165, 1.54) is 11.1 Å². The van der Waals surface area contributed by atoms with E-state index in [0.717, 1.165) is 31.4 Å². The van der Waals surface area contributed by atoms with Gasteiger partial charge in [0.15, 0.2) is 0 Å². The van der Waals surface area contributed by atoms with E-state index in [9.17, 15) is 5.11 Å². The smallest absolute Gasteiger partial charge is 0.123 e. The highest BCUT2D eigenvalue weighted by molar-refractivity contribution is 5.38. The lowest BCUT2D eigenvalue weighted by molar-refractivity contribution is 0.172. The normalized spacial score (nSPS) is 24.4. The molecule has 1 unspecified atom stereocenters. The summed E-state index contributed by atoms with van der Waals surface area (Å²) in [7, 11) is 1.73. The summed E-state index contributed by atoms with van der Waals surface area (Å²) in [4.78, 5) is 0. The third-order valence-corrected chi connectivity index (χ3v) is 4.44. The number of ether oxygens (including phenoxy) is 1. The van der Waals surface area contributed by atoms with Gasteiger partial charge < -0.3 is 15.2 Å². The molecule has 0 saturated heterocycles. The maximum Gasteiger partial charge on any atom is 0.123 e. The molecule has 1 aromatic rings. The molecule has 3 heteroatoms. The van der Waals surface area contributed by atoms with E-state index in [4.69, 9.17) is 4.74 Å². The van der Waals surface area contributed by atoms with Gasteiger partial charge in [-0.05, 0) is 51.5 Å². The minimum absolute atomic E-state index is 0.292. The second-order valence-corrected chi connectivity index (χ2v) is 6.03. The lowest BCUT2D eigenvalue weighted by Crippen LogP contribution is -2.35. The zero-order valence-corrected chi connectivity index (χ0v) is 12.9. The Bertz CT molecular complexity index is 425. The maximum absolute atomic E-state index is 9.20. The molecule has 20 heavy (non-hydrogen) atoms. The molecule has 1 fully saturated rings. The third-order valence-electron chi connectivity index (χ3n) is 4.44. The van der Waals surface area contributed by atoms with Crippen LogP contribution >= 0.6 is 0 Å². The van der Waals surface area contributed by atoms with Gasteiger partial charge in [-0.15, -0.1) is 0 Å². The van der Waals surface area contributed by atoms with Crippen molar-refractivity contribution in [3.63, 3.8) is 0 Å². The molecule has 2 N–H and O–H groups in total. The topological polar surface area (TPSA) is 41.5 Å². The van der Waals surface area contributed by atoms with Crippen LogP contribution in [-0.2, 0) is 0 Å². The Morgan fingerprint density at radius 2 is 2.00 bits per heavy atom. The number of methoxy groups -OCH3 is 1. The Hall–Kier alpha value is -1.06. The van der Waals surface area contributed by atoms with Crippen molar-refractivity contribution in [3.8, 4) is 5.75 Å². The SMILES string of the molecule is COc1ccc(C)cc1C(C)NC1CCC(CO)CC1. The maximum atomic E-state index is 9.20. The van der Waals surface area contributed by atoms with Gasteiger partial charge in [0, 0.05) is 24.3 Å². The number of hydrogen-bond acceptors (Lipinski definition) is 3. The number of nitrogens with one attached hydrogen (secondary N) is 1. The first-order chi connectivity index (χ1) is 9.63. The van der Waals surface area contributed by atoms with Gasteiger partial charge in [-0.1, -0.05) is 17.7 Å². The molecular weight excluding hydrogens is 250 g/mol. The van der Waals surface area contributed by atoms with Crippen molar-refractivity contribution in [2.24, 2.45) is 5.92 Å². The quantitative estimate of drug-likeness (QED) is 0.868. The molecule has 0 amide bonds. The molecule has 0 bridgehead atoms. The summed E-state index contributed by atoms with van der Waals surface area (Å²) >= 11 is 0. The highest BCUT2D eigenvalue weighted by Crippen LogP contribution is 2.29. The average molecular weight is 277 g/mol. The van der Waals surface area contributed by atoms with Crippen LogP contribution in [0.2, 0.25) is 0 Å². The van der Waals surface area contributed by atoms with Crippen LogP contribution in [0, 0.1) is 12.8 Å². The monoisotopic (exact) mass is 277 g/mol. The van der Waals surface area contributed by atoms with E-state index in [-0.39, 0.29) is 0 Å². The first-order valence-electron chi connectivity index (χ1n) is 7.65. The van der Waals surface area contributed by atoms with Gasteiger partial charge >= 0.3 is 0 Å². The number of hydrogen-bond donors (Lipinski definition) is 2. The molecule has 1 atom stereocenters. The van der Waals surface area contributed by atoms with E-state index in [1.807, 2.05) is 6.07 Å². The Kier molecular flexibility index (Phi) is 5.44. The first kappa shape index (κ1) is 15.3. The number of benzene rings is 1. The standard InChI is InChI=1S/C17H27NO2/c1-12-4-9-17(20-3)16(10-12)13(2)18-15-7-5-14(11-19)6-8-15/h4,9-10,13-15,18-19H,5-8,11H2,1-3H3. The minimum Gasteiger partial charge on any atom is -0.496 e. The molecular formula is C17H27NO2. The molecule has 1 saturated carbocycles. The fourth-order valence-corrected chi connectivity index (χ4v) is 3.15. The first-order valence-corrected chi connectivity index (χ1v) is 7.65. The molecule has 1 aliphatic carbocycles. The van der Waals surface area contributed by atoms with Gasteiger partial charge in [-0.2, -0.15) is 0 Å². The van der Waals surface area contributed by atoms with Crippen LogP contribution < -0.4 is 10.1 Å². The molecule has 0 heterocycles. The van der Waals surface area contributed by atoms with Gasteiger partial charge in [-0.3, -0.25) is 0 Å². The molecule has 1 aliphatic rings. The van der Waals surface area contributed by atoms with Crippen molar-refractivity contribution in [2.75, 3.05) is 13.7 Å². The molecule has 1 aromatic carbocycles. The second-order valence-electron chi connectivity index (χ2n) is 6.03. The fraction of sp³-hybridized carbons (Fsp3) is 0.647. The van der Waals surface area contributed by atoms with Crippen LogP contribution in [0.15, 0.2) is 18.2 Å². The lowest BCUT2D eigenvalue weighted by Gasteiger charge is -2.31. The summed E-state index contributed by atoms with van der Waals surface area (Å²) in [6.07, 6.45) is 4.57. The Morgan fingerprint density at radius 1 is 1.30 bits per heavy atom. The van der Waals surface area contributed by atoms with Crippen molar-refractivity contribution >= 4 is 0 Å². The third kappa shape index (κ3) is 3.74. The van der Waals surface area contributed by atoms with Gasteiger partial charge in [0.25, 0.3) is 0 Å². The summed E-state index contributed by atoms with van der Waals surface area (Å²) in [5, 5.41) is 12.9. The molecule has 2 rings (SSSR count). The van der Waals surface area contributed by atoms with Crippen molar-refractivity contribution in [1.29, 1.82) is 0 Å². The van der Waals surface area contributed by atoms with Crippen LogP contribution in [0.4, 0.5) is 0 Å². The molecule has 0 aromatic heterocycles. The molecule has 0 spiro atoms. The Morgan fingerprint density at radius 3 is 2.60 bits per heavy atom. The van der Waals surface area contributed by atoms with Crippen molar-refractivity contribution in [2.45, 2.75) is 51.6 Å². The predicted octanol–water partition coefficient (Wildman–Crippen LogP) is 3.21. The number of rotatable bonds is 5. The van der Waals surface area contributed by atoms with Crippen molar-refractivity contribution < 1.29 is 9.84 Å². The van der Waals surface area contributed by atoms with E-state index in [1.54, 1.807) is 7.11 Å². The van der Waals surface area contributed by atoms with Crippen LogP contribution in [0.3, 0.4) is 0 Å². The Balaban J connectivity index is 1.98. The van der Waals surface area contributed by atoms with Crippen molar-refractivity contribution in [1.82, 2.24) is 5.32 Å². The van der Waals surface area contributed by atoms with Gasteiger partial charge in [0.2, 0.25) is 0 Å². The molecule has 112 valence electrons. The summed E-state index contributed by atoms with van der Waals surface area (Å²) in [5.41, 5.74) is 2.50. The Labute approximate surface area is 122 Å². The molecule has 0 radical (unpaired) electrons. The van der Waals surface area contributed by atoms with E-state index in [0.29, 0.717) is 24.6 Å². The summed E-state index contributed by atoms with van der Waals surface area (Å²) in [5.74, 6) is 1.47. The fourth-order valence-electron chi connectivity index (χ4n) is 3.15. The van der Waals surface area contributed by atoms with Crippen LogP contribution in [-0.4, -0.2) is 24.9 Å². The van der Waals surface area contributed by atoms with E-state index >= 15 is 0 Å². The minimum atomic E-state index is 0.292. The second kappa shape index (κ2) is 7.09. The van der Waals surface area contributed by atoms with Gasteiger partial charge in [0.1, 0.15) is 5.75 Å². The highest BCUT2D eigenvalue weighted by Gasteiger charge is 2.22. The van der Waals surface area contributed by atoms with Crippen molar-refractivity contribution in [3.05, 3.63) is 29.3 Å². The van der Waals surface area contributed by atoms with Crippen LogP contribution in [0.25, 0.3) is 0 Å². The van der Waals surface area contributed by atoms with Crippen LogP contribution in [0.5, 0.6) is 5.75 Å². The van der Waals surface area contributed by atoms with Gasteiger partial charge in [-0.25, -0.2) is 0 Å². The number of aliphatic hydroxyl groups is 1. The largest absolute Gasteiger partial charge is 0.496 e. The molecule has 0 aliphatic heterocycles. The zero-order valence-electron chi connectivity index (χ0n) is 12.9. The predicted molar refractivity (Wildman–Crippen MR) is 82.1 cm³/mol. The van der Waals surface area contributed by atoms with E-state index in [2.05, 4.69) is 31.3 Å². The van der Waals surface area contributed by atoms with E-state index < -0.39 is 0 Å². The molecule has 3 nitrogen and oxygen atoms in total. The summed E-state index contributed by atoms with van der Waals surface area (Å²) < 4.78 is 5.47.